The number of nitrogens with one attached hydrogen (secondary N) is 1. The van der Waals surface area contributed by atoms with Gasteiger partial charge in [0, 0.05) is 17.5 Å². The second-order valence-electron chi connectivity index (χ2n) is 3.57. The fourth-order valence-corrected chi connectivity index (χ4v) is 2.48. The third-order valence-electron chi connectivity index (χ3n) is 2.25. The number of halogens is 3. The average molecular weight is 290 g/mol. The van der Waals surface area contributed by atoms with Gasteiger partial charge in [-0.3, -0.25) is 0 Å². The number of hydrogen-bond acceptors (Lipinski definition) is 4. The van der Waals surface area contributed by atoms with Crippen molar-refractivity contribution in [1.29, 1.82) is 0 Å². The first-order chi connectivity index (χ1) is 8.56. The van der Waals surface area contributed by atoms with E-state index in [-0.39, 0.29) is 11.6 Å². The summed E-state index contributed by atoms with van der Waals surface area (Å²) in [6, 6.07) is 4.42. The Kier molecular flexibility index (Phi) is 3.98. The van der Waals surface area contributed by atoms with Gasteiger partial charge < -0.3 is 11.1 Å². The highest BCUT2D eigenvalue weighted by molar-refractivity contribution is 7.16. The van der Waals surface area contributed by atoms with Crippen LogP contribution < -0.4 is 11.1 Å². The zero-order valence-corrected chi connectivity index (χ0v) is 10.8. The van der Waals surface area contributed by atoms with Crippen LogP contribution in [0.5, 0.6) is 0 Å². The minimum absolute atomic E-state index is 0.0449. The number of pyridine rings is 1. The summed E-state index contributed by atoms with van der Waals surface area (Å²) < 4.78 is 26.9. The van der Waals surface area contributed by atoms with Gasteiger partial charge in [-0.25, -0.2) is 13.8 Å². The third-order valence-corrected chi connectivity index (χ3v) is 3.54. The molecule has 2 aromatic heterocycles. The van der Waals surface area contributed by atoms with Gasteiger partial charge in [-0.2, -0.15) is 0 Å². The molecule has 0 aliphatic carbocycles. The van der Waals surface area contributed by atoms with Crippen LogP contribution in [0.1, 0.15) is 4.88 Å². The molecule has 0 saturated heterocycles. The molecule has 0 aliphatic rings. The maximum absolute atomic E-state index is 13.3. The smallest absolute Gasteiger partial charge is 0.168 e. The van der Waals surface area contributed by atoms with Gasteiger partial charge in [0.2, 0.25) is 0 Å². The zero-order valence-electron chi connectivity index (χ0n) is 9.21. The number of thiophene rings is 1. The molecule has 0 spiro atoms. The summed E-state index contributed by atoms with van der Waals surface area (Å²) in [5.41, 5.74) is 5.27. The van der Waals surface area contributed by atoms with E-state index >= 15 is 0 Å². The molecule has 0 atom stereocenters. The van der Waals surface area contributed by atoms with Gasteiger partial charge in [-0.15, -0.1) is 11.3 Å². The van der Waals surface area contributed by atoms with E-state index in [9.17, 15) is 8.78 Å². The predicted octanol–water partition coefficient (Wildman–Crippen LogP) is 3.31. The van der Waals surface area contributed by atoms with Gasteiger partial charge in [0.05, 0.1) is 4.34 Å². The summed E-state index contributed by atoms with van der Waals surface area (Å²) in [5, 5.41) is 2.77. The molecule has 18 heavy (non-hydrogen) atoms. The summed E-state index contributed by atoms with van der Waals surface area (Å²) in [6.07, 6.45) is 0.676. The number of nitrogens with two attached hydrogens (primary N) is 1. The van der Waals surface area contributed by atoms with Crippen LogP contribution in [-0.2, 0) is 6.42 Å². The Labute approximate surface area is 112 Å². The lowest BCUT2D eigenvalue weighted by Crippen LogP contribution is -2.09. The molecule has 3 N–H and O–H groups in total. The number of aromatic nitrogens is 1. The Morgan fingerprint density at radius 2 is 2.11 bits per heavy atom. The van der Waals surface area contributed by atoms with Crippen molar-refractivity contribution in [1.82, 2.24) is 4.98 Å². The zero-order chi connectivity index (χ0) is 13.1. The molecule has 3 nitrogen and oxygen atoms in total. The Hall–Kier alpha value is -1.40. The largest absolute Gasteiger partial charge is 0.381 e. The Bertz CT molecular complexity index is 559. The summed E-state index contributed by atoms with van der Waals surface area (Å²) in [7, 11) is 0. The quantitative estimate of drug-likeness (QED) is 0.908. The SMILES string of the molecule is Nc1nc(NCCc2ccc(Cl)s2)c(F)cc1F. The maximum Gasteiger partial charge on any atom is 0.168 e. The van der Waals surface area contributed by atoms with E-state index in [0.29, 0.717) is 23.4 Å². The van der Waals surface area contributed by atoms with E-state index in [4.69, 9.17) is 17.3 Å². The molecular weight excluding hydrogens is 280 g/mol. The number of hydrogen-bond donors (Lipinski definition) is 2. The van der Waals surface area contributed by atoms with Crippen LogP contribution in [0, 0.1) is 11.6 Å². The Morgan fingerprint density at radius 1 is 1.33 bits per heavy atom. The highest BCUT2D eigenvalue weighted by Crippen LogP contribution is 2.22. The molecule has 0 fully saturated rings. The normalized spacial score (nSPS) is 10.6. The average Bonchev–Trinajstić information content (AvgIpc) is 2.71. The van der Waals surface area contributed by atoms with Gasteiger partial charge in [0.1, 0.15) is 0 Å². The summed E-state index contributed by atoms with van der Waals surface area (Å²) >= 11 is 7.25. The van der Waals surface area contributed by atoms with Crippen molar-refractivity contribution in [3.8, 4) is 0 Å². The van der Waals surface area contributed by atoms with Gasteiger partial charge >= 0.3 is 0 Å². The van der Waals surface area contributed by atoms with Crippen molar-refractivity contribution >= 4 is 34.6 Å². The molecule has 0 amide bonds. The molecule has 0 aromatic carbocycles. The van der Waals surface area contributed by atoms with E-state index in [1.54, 1.807) is 6.07 Å². The van der Waals surface area contributed by atoms with Crippen LogP contribution >= 0.6 is 22.9 Å². The standard InChI is InChI=1S/C11H10ClF2N3S/c12-9-2-1-6(18-9)3-4-16-11-8(14)5-7(13)10(15)17-11/h1-2,5H,3-4H2,(H3,15,16,17). The molecule has 0 bridgehead atoms. The molecule has 96 valence electrons. The van der Waals surface area contributed by atoms with Crippen molar-refractivity contribution in [2.75, 3.05) is 17.6 Å². The molecule has 2 aromatic rings. The lowest BCUT2D eigenvalue weighted by molar-refractivity contribution is 0.579. The van der Waals surface area contributed by atoms with E-state index in [2.05, 4.69) is 10.3 Å². The third kappa shape index (κ3) is 3.08. The van der Waals surface area contributed by atoms with Crippen molar-refractivity contribution in [2.24, 2.45) is 0 Å². The fourth-order valence-electron chi connectivity index (χ4n) is 1.39. The maximum atomic E-state index is 13.3. The van der Waals surface area contributed by atoms with Crippen molar-refractivity contribution in [3.63, 3.8) is 0 Å². The van der Waals surface area contributed by atoms with Gasteiger partial charge in [0.15, 0.2) is 23.3 Å². The number of anilines is 2. The monoisotopic (exact) mass is 289 g/mol. The first-order valence-electron chi connectivity index (χ1n) is 5.16. The second-order valence-corrected chi connectivity index (χ2v) is 5.37. The van der Waals surface area contributed by atoms with Crippen LogP contribution in [0.4, 0.5) is 20.4 Å². The molecule has 2 rings (SSSR count). The Balaban J connectivity index is 1.96. The van der Waals surface area contributed by atoms with E-state index in [1.165, 1.54) is 11.3 Å². The van der Waals surface area contributed by atoms with Gasteiger partial charge in [-0.05, 0) is 18.6 Å². The van der Waals surface area contributed by atoms with Gasteiger partial charge in [0.25, 0.3) is 0 Å². The molecular formula is C11H10ClF2N3S. The van der Waals surface area contributed by atoms with E-state index < -0.39 is 11.6 Å². The summed E-state index contributed by atoms with van der Waals surface area (Å²) in [6.45, 7) is 0.464. The predicted molar refractivity (Wildman–Crippen MR) is 70.1 cm³/mol. The molecule has 0 saturated carbocycles. The number of rotatable bonds is 4. The highest BCUT2D eigenvalue weighted by Gasteiger charge is 2.09. The lowest BCUT2D eigenvalue weighted by Gasteiger charge is -2.07. The molecule has 2 heterocycles. The van der Waals surface area contributed by atoms with Crippen molar-refractivity contribution in [2.45, 2.75) is 6.42 Å². The molecule has 0 radical (unpaired) electrons. The van der Waals surface area contributed by atoms with E-state index in [1.807, 2.05) is 6.07 Å². The van der Waals surface area contributed by atoms with Crippen LogP contribution in [0.3, 0.4) is 0 Å². The highest BCUT2D eigenvalue weighted by atomic mass is 35.5. The summed E-state index contributed by atoms with van der Waals surface area (Å²) in [5.74, 6) is -1.98. The number of nitrogens with zero attached hydrogens (tertiary/aromatic N) is 1. The Morgan fingerprint density at radius 3 is 2.78 bits per heavy atom. The molecule has 0 unspecified atom stereocenters. The van der Waals surface area contributed by atoms with Crippen LogP contribution in [0.2, 0.25) is 4.34 Å². The fraction of sp³-hybridized carbons (Fsp3) is 0.182. The topological polar surface area (TPSA) is 50.9 Å². The number of nitrogen functional groups attached to an aromatic ring is 1. The van der Waals surface area contributed by atoms with Crippen LogP contribution in [-0.4, -0.2) is 11.5 Å². The first-order valence-corrected chi connectivity index (χ1v) is 6.35. The minimum Gasteiger partial charge on any atom is -0.381 e. The van der Waals surface area contributed by atoms with Crippen LogP contribution in [0.25, 0.3) is 0 Å². The molecule has 0 aliphatic heterocycles. The van der Waals surface area contributed by atoms with E-state index in [0.717, 1.165) is 4.88 Å². The minimum atomic E-state index is -0.858. The van der Waals surface area contributed by atoms with Crippen molar-refractivity contribution < 1.29 is 8.78 Å². The first kappa shape index (κ1) is 13.0. The summed E-state index contributed by atoms with van der Waals surface area (Å²) in [4.78, 5) is 4.67. The van der Waals surface area contributed by atoms with Gasteiger partial charge in [-0.1, -0.05) is 11.6 Å². The van der Waals surface area contributed by atoms with Crippen LogP contribution in [0.15, 0.2) is 18.2 Å². The second kappa shape index (κ2) is 5.49. The van der Waals surface area contributed by atoms with Crippen molar-refractivity contribution in [3.05, 3.63) is 39.0 Å². The molecule has 7 heteroatoms. The lowest BCUT2D eigenvalue weighted by atomic mass is 10.3.